The zero-order chi connectivity index (χ0) is 26.3. The van der Waals surface area contributed by atoms with Gasteiger partial charge >= 0.3 is 6.18 Å². The minimum Gasteiger partial charge on any atom is -0.490 e. The Labute approximate surface area is 201 Å². The average Bonchev–Trinajstić information content (AvgIpc) is 2.79. The van der Waals surface area contributed by atoms with E-state index in [9.17, 15) is 41.4 Å². The molecule has 196 valence electrons. The summed E-state index contributed by atoms with van der Waals surface area (Å²) in [5.74, 6) is -3.81. The first-order valence-corrected chi connectivity index (χ1v) is 10.9. The van der Waals surface area contributed by atoms with Gasteiger partial charge in [0.1, 0.15) is 41.3 Å². The van der Waals surface area contributed by atoms with Crippen molar-refractivity contribution in [2.75, 3.05) is 36.5 Å². The Morgan fingerprint density at radius 1 is 1.08 bits per heavy atom. The third-order valence-corrected chi connectivity index (χ3v) is 6.10. The summed E-state index contributed by atoms with van der Waals surface area (Å²) in [7, 11) is 0. The lowest BCUT2D eigenvalue weighted by Gasteiger charge is -2.42. The zero-order valence-electron chi connectivity index (χ0n) is 18.7. The van der Waals surface area contributed by atoms with Gasteiger partial charge < -0.3 is 29.9 Å². The summed E-state index contributed by atoms with van der Waals surface area (Å²) >= 11 is 0. The monoisotopic (exact) mass is 520 g/mol. The molecule has 13 heteroatoms. The van der Waals surface area contributed by atoms with E-state index in [-0.39, 0.29) is 43.2 Å². The lowest BCUT2D eigenvalue weighted by Crippen LogP contribution is -2.58. The van der Waals surface area contributed by atoms with Crippen LogP contribution in [0.3, 0.4) is 0 Å². The fourth-order valence-electron chi connectivity index (χ4n) is 4.19. The number of amides is 1. The van der Waals surface area contributed by atoms with Crippen molar-refractivity contribution in [1.29, 1.82) is 0 Å². The van der Waals surface area contributed by atoms with Gasteiger partial charge in [-0.15, -0.1) is 0 Å². The van der Waals surface area contributed by atoms with Crippen LogP contribution in [0.2, 0.25) is 0 Å². The van der Waals surface area contributed by atoms with Crippen molar-refractivity contribution in [2.24, 2.45) is 0 Å². The van der Waals surface area contributed by atoms with Crippen molar-refractivity contribution in [2.45, 2.75) is 37.1 Å². The third-order valence-electron chi connectivity index (χ3n) is 6.10. The van der Waals surface area contributed by atoms with Crippen molar-refractivity contribution >= 4 is 17.3 Å². The number of nitrogens with one attached hydrogen (secondary N) is 1. The molecule has 0 aliphatic carbocycles. The predicted octanol–water partition coefficient (Wildman–Crippen LogP) is 3.31. The van der Waals surface area contributed by atoms with Crippen molar-refractivity contribution in [3.63, 3.8) is 0 Å². The number of ether oxygens (including phenoxy) is 2. The van der Waals surface area contributed by atoms with Gasteiger partial charge in [-0.2, -0.15) is 13.2 Å². The molecule has 4 rings (SSSR count). The Kier molecular flexibility index (Phi) is 6.97. The van der Waals surface area contributed by atoms with Crippen LogP contribution in [0.25, 0.3) is 0 Å². The number of benzene rings is 2. The molecule has 1 saturated heterocycles. The number of hydrogen-bond acceptors (Lipinski definition) is 6. The maximum atomic E-state index is 14.6. The molecule has 0 bridgehead atoms. The predicted molar refractivity (Wildman–Crippen MR) is 115 cm³/mol. The first kappa shape index (κ1) is 25.9. The summed E-state index contributed by atoms with van der Waals surface area (Å²) in [6, 6.07) is 3.65. The van der Waals surface area contributed by atoms with Crippen LogP contribution in [0.1, 0.15) is 18.4 Å². The molecule has 2 aliphatic rings. The lowest BCUT2D eigenvalue weighted by atomic mass is 9.89. The molecule has 2 aromatic rings. The third kappa shape index (κ3) is 5.46. The van der Waals surface area contributed by atoms with E-state index in [1.54, 1.807) is 0 Å². The first-order valence-electron chi connectivity index (χ1n) is 10.9. The largest absolute Gasteiger partial charge is 0.490 e. The molecule has 7 nitrogen and oxygen atoms in total. The molecule has 2 heterocycles. The van der Waals surface area contributed by atoms with Gasteiger partial charge in [0.25, 0.3) is 0 Å². The zero-order valence-corrected chi connectivity index (χ0v) is 18.7. The van der Waals surface area contributed by atoms with Gasteiger partial charge in [0.2, 0.25) is 5.91 Å². The fraction of sp³-hybridized carbons (Fsp3) is 0.435. The maximum Gasteiger partial charge on any atom is 0.422 e. The number of rotatable bonds is 6. The van der Waals surface area contributed by atoms with E-state index < -0.39 is 66.5 Å². The second-order valence-corrected chi connectivity index (χ2v) is 8.69. The standard InChI is InChI=1S/C23H22F6N2O5/c24-14-2-3-17(13-1-4-19(33)30-20(13)14)36-10-22(34)5-6-31(9-18(22)32)21-15(25)7-12(8-16(21)26)35-11-23(27,28)29/h2-3,7-8,18,32,34H,1,4-6,9-11H2,(H,30,33)/t18-,22-/m1/s1. The van der Waals surface area contributed by atoms with Crippen LogP contribution in [0.15, 0.2) is 24.3 Å². The van der Waals surface area contributed by atoms with E-state index in [0.29, 0.717) is 17.7 Å². The Morgan fingerprint density at radius 2 is 1.78 bits per heavy atom. The molecule has 0 saturated carbocycles. The molecule has 1 fully saturated rings. The molecule has 0 aromatic heterocycles. The van der Waals surface area contributed by atoms with E-state index in [1.807, 2.05) is 0 Å². The molecular weight excluding hydrogens is 498 g/mol. The van der Waals surface area contributed by atoms with E-state index in [1.165, 1.54) is 6.07 Å². The Bertz CT molecular complexity index is 1140. The van der Waals surface area contributed by atoms with Gasteiger partial charge in [0.05, 0.1) is 5.69 Å². The Hall–Kier alpha value is -3.19. The van der Waals surface area contributed by atoms with E-state index in [2.05, 4.69) is 10.1 Å². The minimum atomic E-state index is -4.68. The number of aliphatic hydroxyl groups is 2. The maximum absolute atomic E-state index is 14.6. The minimum absolute atomic E-state index is 0.0141. The van der Waals surface area contributed by atoms with Crippen molar-refractivity contribution in [1.82, 2.24) is 0 Å². The molecule has 36 heavy (non-hydrogen) atoms. The number of anilines is 2. The van der Waals surface area contributed by atoms with Gasteiger partial charge in [-0.05, 0) is 25.0 Å². The number of carbonyl (C=O) groups is 1. The van der Waals surface area contributed by atoms with Crippen molar-refractivity contribution in [3.05, 3.63) is 47.3 Å². The van der Waals surface area contributed by atoms with Crippen LogP contribution in [-0.2, 0) is 11.2 Å². The SMILES string of the molecule is O=C1CCc2c(OC[C@]3(O)CCN(c4c(F)cc(OCC(F)(F)F)cc4F)C[C@H]3O)ccc(F)c2N1. The first-order chi connectivity index (χ1) is 16.9. The van der Waals surface area contributed by atoms with Gasteiger partial charge in [0.15, 0.2) is 18.2 Å². The average molecular weight is 520 g/mol. The summed E-state index contributed by atoms with van der Waals surface area (Å²) in [4.78, 5) is 12.7. The molecule has 2 atom stereocenters. The molecule has 0 radical (unpaired) electrons. The Morgan fingerprint density at radius 3 is 2.42 bits per heavy atom. The number of aliphatic hydroxyl groups excluding tert-OH is 1. The second kappa shape index (κ2) is 9.69. The topological polar surface area (TPSA) is 91.3 Å². The van der Waals surface area contributed by atoms with Crippen LogP contribution in [0.5, 0.6) is 11.5 Å². The Balaban J connectivity index is 1.44. The summed E-state index contributed by atoms with van der Waals surface area (Å²) in [5, 5.41) is 23.9. The number of alkyl halides is 3. The van der Waals surface area contributed by atoms with Crippen LogP contribution in [-0.4, -0.2) is 60.3 Å². The van der Waals surface area contributed by atoms with Gasteiger partial charge in [-0.3, -0.25) is 4.79 Å². The molecule has 1 amide bonds. The molecule has 3 N–H and O–H groups in total. The number of halogens is 6. The molecule has 2 aliphatic heterocycles. The quantitative estimate of drug-likeness (QED) is 0.507. The number of hydrogen-bond donors (Lipinski definition) is 3. The number of fused-ring (bicyclic) bond motifs is 1. The van der Waals surface area contributed by atoms with E-state index in [4.69, 9.17) is 4.74 Å². The lowest BCUT2D eigenvalue weighted by molar-refractivity contribution is -0.153. The molecule has 0 spiro atoms. The highest BCUT2D eigenvalue weighted by atomic mass is 19.4. The van der Waals surface area contributed by atoms with E-state index in [0.717, 1.165) is 11.0 Å². The van der Waals surface area contributed by atoms with Crippen LogP contribution < -0.4 is 19.7 Å². The van der Waals surface area contributed by atoms with Gasteiger partial charge in [-0.1, -0.05) is 0 Å². The van der Waals surface area contributed by atoms with Crippen LogP contribution in [0.4, 0.5) is 37.7 Å². The van der Waals surface area contributed by atoms with Gasteiger partial charge in [0, 0.05) is 37.2 Å². The molecule has 2 aromatic carbocycles. The summed E-state index contributed by atoms with van der Waals surface area (Å²) in [6.07, 6.45) is -6.06. The summed E-state index contributed by atoms with van der Waals surface area (Å²) in [5.41, 5.74) is -2.01. The number of piperidine rings is 1. The molecule has 0 unspecified atom stereocenters. The molecular formula is C23H22F6N2O5. The van der Waals surface area contributed by atoms with Crippen LogP contribution >= 0.6 is 0 Å². The number of β-amino-alcohol motifs (C(OH)–C–C–N with tert-alkyl or cyclic N) is 1. The van der Waals surface area contributed by atoms with E-state index >= 15 is 0 Å². The summed E-state index contributed by atoms with van der Waals surface area (Å²) < 4.78 is 90.1. The fourth-order valence-corrected chi connectivity index (χ4v) is 4.19. The van der Waals surface area contributed by atoms with Crippen LogP contribution in [0, 0.1) is 17.5 Å². The number of nitrogens with zero attached hydrogens (tertiary/aromatic N) is 1. The van der Waals surface area contributed by atoms with Crippen molar-refractivity contribution in [3.8, 4) is 11.5 Å². The highest BCUT2D eigenvalue weighted by Gasteiger charge is 2.43. The highest BCUT2D eigenvalue weighted by molar-refractivity contribution is 5.94. The highest BCUT2D eigenvalue weighted by Crippen LogP contribution is 2.36. The second-order valence-electron chi connectivity index (χ2n) is 8.69. The van der Waals surface area contributed by atoms with Gasteiger partial charge in [-0.25, -0.2) is 13.2 Å². The normalized spacial score (nSPS) is 22.2. The smallest absolute Gasteiger partial charge is 0.422 e. The summed E-state index contributed by atoms with van der Waals surface area (Å²) in [6.45, 7) is -2.67. The van der Waals surface area contributed by atoms with Crippen molar-refractivity contribution < 1.29 is 50.8 Å². The number of carbonyl (C=O) groups excluding carboxylic acids is 1.